The molecule has 0 saturated carbocycles. The maximum absolute atomic E-state index is 12.3. The first kappa shape index (κ1) is 18.3. The van der Waals surface area contributed by atoms with Crippen LogP contribution in [0.3, 0.4) is 0 Å². The summed E-state index contributed by atoms with van der Waals surface area (Å²) in [6, 6.07) is 5.85. The zero-order valence-corrected chi connectivity index (χ0v) is 12.5. The Morgan fingerprint density at radius 2 is 1.91 bits per heavy atom. The number of carbonyl (C=O) groups excluding carboxylic acids is 1. The van der Waals surface area contributed by atoms with Gasteiger partial charge in [-0.05, 0) is 31.0 Å². The van der Waals surface area contributed by atoms with E-state index in [2.05, 4.69) is 15.4 Å². The van der Waals surface area contributed by atoms with Crippen molar-refractivity contribution >= 4 is 5.91 Å². The molecular formula is C15H21F3N2O2. The molecule has 0 aliphatic rings. The van der Waals surface area contributed by atoms with Crippen molar-refractivity contribution < 1.29 is 22.7 Å². The van der Waals surface area contributed by atoms with Crippen LogP contribution in [0.2, 0.25) is 0 Å². The van der Waals surface area contributed by atoms with Gasteiger partial charge in [0.05, 0.1) is 0 Å². The highest BCUT2D eigenvalue weighted by molar-refractivity contribution is 5.76. The van der Waals surface area contributed by atoms with Crippen molar-refractivity contribution in [2.24, 2.45) is 0 Å². The first-order valence-corrected chi connectivity index (χ1v) is 7.23. The molecule has 0 unspecified atom stereocenters. The summed E-state index contributed by atoms with van der Waals surface area (Å²) in [5, 5.41) is 5.85. The van der Waals surface area contributed by atoms with Crippen molar-refractivity contribution in [1.29, 1.82) is 0 Å². The van der Waals surface area contributed by atoms with Crippen LogP contribution in [0.5, 0.6) is 5.75 Å². The van der Waals surface area contributed by atoms with E-state index in [-0.39, 0.29) is 24.5 Å². The van der Waals surface area contributed by atoms with Crippen LogP contribution in [0, 0.1) is 0 Å². The molecule has 1 aromatic carbocycles. The molecule has 0 bridgehead atoms. The lowest BCUT2D eigenvalue weighted by Gasteiger charge is -2.13. The second-order valence-corrected chi connectivity index (χ2v) is 4.76. The van der Waals surface area contributed by atoms with Crippen molar-refractivity contribution in [3.8, 4) is 5.75 Å². The van der Waals surface area contributed by atoms with Crippen LogP contribution in [0.1, 0.15) is 25.3 Å². The molecule has 0 spiro atoms. The number of benzene rings is 1. The lowest BCUT2D eigenvalue weighted by Crippen LogP contribution is -2.32. The lowest BCUT2D eigenvalue weighted by atomic mass is 10.1. The summed E-state index contributed by atoms with van der Waals surface area (Å²) in [7, 11) is 0. The molecular weight excluding hydrogens is 297 g/mol. The summed E-state index contributed by atoms with van der Waals surface area (Å²) in [4.78, 5) is 11.6. The molecule has 0 radical (unpaired) electrons. The Morgan fingerprint density at radius 3 is 2.59 bits per heavy atom. The van der Waals surface area contributed by atoms with Crippen molar-refractivity contribution in [1.82, 2.24) is 10.6 Å². The molecule has 124 valence electrons. The van der Waals surface area contributed by atoms with Gasteiger partial charge >= 0.3 is 6.36 Å². The van der Waals surface area contributed by atoms with Crippen LogP contribution in [-0.2, 0) is 11.2 Å². The number of carbonyl (C=O) groups is 1. The minimum absolute atomic E-state index is 0.117. The van der Waals surface area contributed by atoms with E-state index in [1.54, 1.807) is 6.07 Å². The van der Waals surface area contributed by atoms with Gasteiger partial charge in [-0.1, -0.05) is 25.1 Å². The minimum atomic E-state index is -4.73. The Morgan fingerprint density at radius 1 is 1.18 bits per heavy atom. The third-order valence-electron chi connectivity index (χ3n) is 2.87. The second kappa shape index (κ2) is 9.30. The van der Waals surface area contributed by atoms with Crippen molar-refractivity contribution in [3.63, 3.8) is 0 Å². The number of alkyl halides is 3. The normalized spacial score (nSPS) is 11.3. The van der Waals surface area contributed by atoms with Crippen molar-refractivity contribution in [2.75, 3.05) is 19.6 Å². The van der Waals surface area contributed by atoms with Gasteiger partial charge < -0.3 is 15.4 Å². The molecule has 4 nitrogen and oxygen atoms in total. The number of amides is 1. The van der Waals surface area contributed by atoms with Gasteiger partial charge in [0.25, 0.3) is 0 Å². The number of aryl methyl sites for hydroxylation is 1. The van der Waals surface area contributed by atoms with E-state index >= 15 is 0 Å². The Labute approximate surface area is 128 Å². The number of para-hydroxylation sites is 1. The number of nitrogens with one attached hydrogen (secondary N) is 2. The molecule has 0 heterocycles. The quantitative estimate of drug-likeness (QED) is 0.688. The van der Waals surface area contributed by atoms with Gasteiger partial charge in [-0.15, -0.1) is 13.2 Å². The van der Waals surface area contributed by atoms with Crippen LogP contribution >= 0.6 is 0 Å². The van der Waals surface area contributed by atoms with Gasteiger partial charge in [0.2, 0.25) is 5.91 Å². The molecule has 1 aromatic rings. The van der Waals surface area contributed by atoms with Crippen LogP contribution in [0.15, 0.2) is 24.3 Å². The Hall–Kier alpha value is -1.76. The molecule has 0 aliphatic heterocycles. The van der Waals surface area contributed by atoms with Crippen LogP contribution in [0.4, 0.5) is 13.2 Å². The summed E-state index contributed by atoms with van der Waals surface area (Å²) < 4.78 is 40.8. The maximum atomic E-state index is 12.3. The maximum Gasteiger partial charge on any atom is 0.573 e. The Bertz CT molecular complexity index is 464. The van der Waals surface area contributed by atoms with E-state index in [0.29, 0.717) is 18.7 Å². The van der Waals surface area contributed by atoms with Crippen molar-refractivity contribution in [2.45, 2.75) is 32.5 Å². The highest BCUT2D eigenvalue weighted by Crippen LogP contribution is 2.26. The topological polar surface area (TPSA) is 50.4 Å². The molecule has 2 N–H and O–H groups in total. The van der Waals surface area contributed by atoms with Crippen LogP contribution in [0.25, 0.3) is 0 Å². The second-order valence-electron chi connectivity index (χ2n) is 4.76. The van der Waals surface area contributed by atoms with Gasteiger partial charge in [-0.2, -0.15) is 0 Å². The minimum Gasteiger partial charge on any atom is -0.406 e. The number of rotatable bonds is 9. The first-order valence-electron chi connectivity index (χ1n) is 7.23. The van der Waals surface area contributed by atoms with E-state index in [0.717, 1.165) is 13.0 Å². The first-order chi connectivity index (χ1) is 10.4. The van der Waals surface area contributed by atoms with Gasteiger partial charge in [0.15, 0.2) is 0 Å². The lowest BCUT2D eigenvalue weighted by molar-refractivity contribution is -0.274. The molecule has 0 fully saturated rings. The molecule has 1 rings (SSSR count). The smallest absolute Gasteiger partial charge is 0.406 e. The highest BCUT2D eigenvalue weighted by Gasteiger charge is 2.31. The van der Waals surface area contributed by atoms with Crippen molar-refractivity contribution in [3.05, 3.63) is 29.8 Å². The SMILES string of the molecule is CCCNCCNC(=O)CCc1ccccc1OC(F)(F)F. The number of halogens is 3. The van der Waals surface area contributed by atoms with Crippen LogP contribution in [-0.4, -0.2) is 31.9 Å². The number of ether oxygens (including phenoxy) is 1. The largest absolute Gasteiger partial charge is 0.573 e. The summed E-state index contributed by atoms with van der Waals surface area (Å²) in [5.41, 5.74) is 0.360. The zero-order valence-electron chi connectivity index (χ0n) is 12.5. The molecule has 22 heavy (non-hydrogen) atoms. The summed E-state index contributed by atoms with van der Waals surface area (Å²) in [6.07, 6.45) is -3.40. The number of hydrogen-bond acceptors (Lipinski definition) is 3. The standard InChI is InChI=1S/C15H21F3N2O2/c1-2-9-19-10-11-20-14(21)8-7-12-5-3-4-6-13(12)22-15(16,17)18/h3-6,19H,2,7-11H2,1H3,(H,20,21). The molecule has 7 heteroatoms. The number of hydrogen-bond donors (Lipinski definition) is 2. The average Bonchev–Trinajstić information content (AvgIpc) is 2.44. The molecule has 1 amide bonds. The molecule has 0 saturated heterocycles. The monoisotopic (exact) mass is 318 g/mol. The molecule has 0 aliphatic carbocycles. The molecule has 0 atom stereocenters. The van der Waals surface area contributed by atoms with Gasteiger partial charge in [-0.25, -0.2) is 0 Å². The fourth-order valence-electron chi connectivity index (χ4n) is 1.86. The van der Waals surface area contributed by atoms with E-state index in [1.807, 2.05) is 6.92 Å². The van der Waals surface area contributed by atoms with Gasteiger partial charge in [0, 0.05) is 19.5 Å². The van der Waals surface area contributed by atoms with Gasteiger partial charge in [-0.3, -0.25) is 4.79 Å². The zero-order chi connectivity index (χ0) is 16.4. The van der Waals surface area contributed by atoms with Crippen LogP contribution < -0.4 is 15.4 Å². The fourth-order valence-corrected chi connectivity index (χ4v) is 1.86. The van der Waals surface area contributed by atoms with Gasteiger partial charge in [0.1, 0.15) is 5.75 Å². The van der Waals surface area contributed by atoms with E-state index in [1.165, 1.54) is 18.2 Å². The predicted molar refractivity (Wildman–Crippen MR) is 77.6 cm³/mol. The third kappa shape index (κ3) is 7.87. The highest BCUT2D eigenvalue weighted by atomic mass is 19.4. The fraction of sp³-hybridized carbons (Fsp3) is 0.533. The summed E-state index contributed by atoms with van der Waals surface area (Å²) in [5.74, 6) is -0.451. The van der Waals surface area contributed by atoms with E-state index in [9.17, 15) is 18.0 Å². The molecule has 0 aromatic heterocycles. The summed E-state index contributed by atoms with van der Waals surface area (Å²) >= 11 is 0. The Kier molecular flexibility index (Phi) is 7.73. The average molecular weight is 318 g/mol. The third-order valence-corrected chi connectivity index (χ3v) is 2.87. The van der Waals surface area contributed by atoms with E-state index in [4.69, 9.17) is 0 Å². The van der Waals surface area contributed by atoms with E-state index < -0.39 is 6.36 Å². The summed E-state index contributed by atoms with van der Waals surface area (Å²) in [6.45, 7) is 4.11. The predicted octanol–water partition coefficient (Wildman–Crippen LogP) is 2.63. The Balaban J connectivity index is 2.39.